The fraction of sp³-hybridized carbons (Fsp3) is 0.214. The number of halogens is 1. The summed E-state index contributed by atoms with van der Waals surface area (Å²) in [6.07, 6.45) is 0.936. The Morgan fingerprint density at radius 2 is 1.82 bits per heavy atom. The standard InChI is InChI=1S/C28H26ClN3O2/c1-4-18-9-11-19(12-10-18)26-23-24(21-14-16(2)13-17(3)27(21)33)30-31-25(23)28(34)32(26)15-20-7-5-6-8-22(20)29/h5-14,26,33H,4,15H2,1-3H3,(H,30,31). The lowest BCUT2D eigenvalue weighted by atomic mass is 9.93. The molecule has 0 bridgehead atoms. The molecule has 1 aliphatic heterocycles. The van der Waals surface area contributed by atoms with E-state index in [-0.39, 0.29) is 17.7 Å². The fourth-order valence-electron chi connectivity index (χ4n) is 4.80. The minimum absolute atomic E-state index is 0.137. The number of rotatable bonds is 5. The normalized spacial score (nSPS) is 15.1. The van der Waals surface area contributed by atoms with E-state index in [4.69, 9.17) is 11.6 Å². The Morgan fingerprint density at radius 3 is 2.53 bits per heavy atom. The first kappa shape index (κ1) is 22.2. The number of aromatic hydroxyl groups is 1. The van der Waals surface area contributed by atoms with Crippen LogP contribution in [0.2, 0.25) is 5.02 Å². The van der Waals surface area contributed by atoms with Gasteiger partial charge in [-0.2, -0.15) is 5.10 Å². The Balaban J connectivity index is 1.69. The van der Waals surface area contributed by atoms with Crippen LogP contribution in [-0.2, 0) is 13.0 Å². The molecule has 0 saturated carbocycles. The van der Waals surface area contributed by atoms with Crippen molar-refractivity contribution >= 4 is 17.5 Å². The van der Waals surface area contributed by atoms with Gasteiger partial charge < -0.3 is 10.0 Å². The van der Waals surface area contributed by atoms with Gasteiger partial charge in [-0.25, -0.2) is 0 Å². The smallest absolute Gasteiger partial charge is 0.273 e. The number of carbonyl (C=O) groups is 1. The lowest BCUT2D eigenvalue weighted by Gasteiger charge is -2.27. The molecule has 0 aliphatic carbocycles. The summed E-state index contributed by atoms with van der Waals surface area (Å²) in [5.74, 6) is 0.0408. The maximum atomic E-state index is 13.6. The number of phenols is 1. The fourth-order valence-corrected chi connectivity index (χ4v) is 4.99. The Bertz CT molecular complexity index is 1390. The summed E-state index contributed by atoms with van der Waals surface area (Å²) in [6, 6.07) is 19.4. The summed E-state index contributed by atoms with van der Waals surface area (Å²) in [6.45, 7) is 6.33. The van der Waals surface area contributed by atoms with Gasteiger partial charge in [-0.1, -0.05) is 67.1 Å². The molecule has 3 aromatic carbocycles. The van der Waals surface area contributed by atoms with E-state index >= 15 is 0 Å². The van der Waals surface area contributed by atoms with Gasteiger partial charge in [0.25, 0.3) is 5.91 Å². The highest BCUT2D eigenvalue weighted by molar-refractivity contribution is 6.31. The van der Waals surface area contributed by atoms with E-state index in [0.29, 0.717) is 28.5 Å². The summed E-state index contributed by atoms with van der Waals surface area (Å²) < 4.78 is 0. The molecule has 0 saturated heterocycles. The zero-order valence-electron chi connectivity index (χ0n) is 19.4. The van der Waals surface area contributed by atoms with Gasteiger partial charge in [-0.05, 0) is 60.2 Å². The molecule has 1 atom stereocenters. The Morgan fingerprint density at radius 1 is 1.09 bits per heavy atom. The largest absolute Gasteiger partial charge is 0.507 e. The highest BCUT2D eigenvalue weighted by atomic mass is 35.5. The third-order valence-electron chi connectivity index (χ3n) is 6.57. The second-order valence-electron chi connectivity index (χ2n) is 8.86. The van der Waals surface area contributed by atoms with E-state index < -0.39 is 0 Å². The van der Waals surface area contributed by atoms with Crippen LogP contribution in [0.4, 0.5) is 0 Å². The molecular weight excluding hydrogens is 446 g/mol. The molecule has 6 heteroatoms. The molecule has 172 valence electrons. The van der Waals surface area contributed by atoms with Crippen LogP contribution in [0.1, 0.15) is 56.8 Å². The van der Waals surface area contributed by atoms with E-state index in [1.807, 2.05) is 55.1 Å². The Kier molecular flexibility index (Phi) is 5.66. The lowest BCUT2D eigenvalue weighted by Crippen LogP contribution is -2.29. The second kappa shape index (κ2) is 8.65. The van der Waals surface area contributed by atoms with Gasteiger partial charge in [0.1, 0.15) is 17.1 Å². The molecule has 2 heterocycles. The average Bonchev–Trinajstić information content (AvgIpc) is 3.37. The number of nitrogens with zero attached hydrogens (tertiary/aromatic N) is 2. The number of aryl methyl sites for hydroxylation is 3. The zero-order chi connectivity index (χ0) is 24.0. The molecular formula is C28H26ClN3O2. The molecule has 5 rings (SSSR count). The van der Waals surface area contributed by atoms with Crippen molar-refractivity contribution in [3.8, 4) is 17.0 Å². The number of hydrogen-bond donors (Lipinski definition) is 2. The van der Waals surface area contributed by atoms with Gasteiger partial charge in [0.15, 0.2) is 0 Å². The molecule has 34 heavy (non-hydrogen) atoms. The van der Waals surface area contributed by atoms with Gasteiger partial charge >= 0.3 is 0 Å². The predicted octanol–water partition coefficient (Wildman–Crippen LogP) is 6.36. The zero-order valence-corrected chi connectivity index (χ0v) is 20.1. The molecule has 0 spiro atoms. The quantitative estimate of drug-likeness (QED) is 0.356. The first-order valence-corrected chi connectivity index (χ1v) is 11.8. The highest BCUT2D eigenvalue weighted by Crippen LogP contribution is 2.46. The number of amides is 1. The van der Waals surface area contributed by atoms with Crippen LogP contribution in [0.25, 0.3) is 11.3 Å². The molecule has 1 aromatic heterocycles. The van der Waals surface area contributed by atoms with Crippen LogP contribution >= 0.6 is 11.6 Å². The predicted molar refractivity (Wildman–Crippen MR) is 134 cm³/mol. The summed E-state index contributed by atoms with van der Waals surface area (Å²) >= 11 is 6.46. The summed E-state index contributed by atoms with van der Waals surface area (Å²) in [4.78, 5) is 15.5. The molecule has 4 aromatic rings. The van der Waals surface area contributed by atoms with Gasteiger partial charge in [0.2, 0.25) is 0 Å². The highest BCUT2D eigenvalue weighted by Gasteiger charge is 2.42. The van der Waals surface area contributed by atoms with E-state index in [2.05, 4.69) is 41.4 Å². The van der Waals surface area contributed by atoms with Crippen LogP contribution in [0.3, 0.4) is 0 Å². The van der Waals surface area contributed by atoms with E-state index in [9.17, 15) is 9.90 Å². The van der Waals surface area contributed by atoms with Crippen LogP contribution < -0.4 is 0 Å². The molecule has 5 nitrogen and oxygen atoms in total. The van der Waals surface area contributed by atoms with Crippen LogP contribution in [-0.4, -0.2) is 26.1 Å². The lowest BCUT2D eigenvalue weighted by molar-refractivity contribution is 0.0730. The average molecular weight is 472 g/mol. The summed E-state index contributed by atoms with van der Waals surface area (Å²) in [7, 11) is 0. The van der Waals surface area contributed by atoms with Crippen molar-refractivity contribution in [1.82, 2.24) is 15.1 Å². The number of carbonyl (C=O) groups excluding carboxylic acids is 1. The maximum absolute atomic E-state index is 13.6. The van der Waals surface area contributed by atoms with Crippen molar-refractivity contribution in [2.75, 3.05) is 0 Å². The number of fused-ring (bicyclic) bond motifs is 1. The summed E-state index contributed by atoms with van der Waals surface area (Å²) in [5, 5.41) is 19.0. The van der Waals surface area contributed by atoms with Crippen LogP contribution in [0.5, 0.6) is 5.75 Å². The van der Waals surface area contributed by atoms with E-state index in [1.54, 1.807) is 0 Å². The number of aromatic amines is 1. The van der Waals surface area contributed by atoms with Crippen molar-refractivity contribution in [2.45, 2.75) is 39.8 Å². The third-order valence-corrected chi connectivity index (χ3v) is 6.93. The van der Waals surface area contributed by atoms with Crippen molar-refractivity contribution in [3.63, 3.8) is 0 Å². The Hall–Kier alpha value is -3.57. The Labute approximate surface area is 204 Å². The van der Waals surface area contributed by atoms with Gasteiger partial charge in [0, 0.05) is 22.7 Å². The van der Waals surface area contributed by atoms with Gasteiger partial charge in [0.05, 0.1) is 6.04 Å². The minimum Gasteiger partial charge on any atom is -0.507 e. The number of phenolic OH excluding ortho intramolecular Hbond substituents is 1. The van der Waals surface area contributed by atoms with E-state index in [0.717, 1.165) is 34.2 Å². The maximum Gasteiger partial charge on any atom is 0.273 e. The monoisotopic (exact) mass is 471 g/mol. The number of H-pyrrole nitrogens is 1. The van der Waals surface area contributed by atoms with Crippen LogP contribution in [0, 0.1) is 13.8 Å². The number of nitrogens with one attached hydrogen (secondary N) is 1. The van der Waals surface area contributed by atoms with Gasteiger partial charge in [-0.3, -0.25) is 9.89 Å². The molecule has 1 amide bonds. The number of hydrogen-bond acceptors (Lipinski definition) is 3. The summed E-state index contributed by atoms with van der Waals surface area (Å²) in [5.41, 5.74) is 7.33. The van der Waals surface area contributed by atoms with Crippen molar-refractivity contribution < 1.29 is 9.90 Å². The van der Waals surface area contributed by atoms with Crippen molar-refractivity contribution in [3.05, 3.63) is 105 Å². The number of aromatic nitrogens is 2. The third kappa shape index (κ3) is 3.66. The van der Waals surface area contributed by atoms with Crippen molar-refractivity contribution in [2.24, 2.45) is 0 Å². The molecule has 0 fully saturated rings. The minimum atomic E-state index is -0.362. The second-order valence-corrected chi connectivity index (χ2v) is 9.27. The first-order valence-electron chi connectivity index (χ1n) is 11.4. The topological polar surface area (TPSA) is 69.2 Å². The molecule has 0 radical (unpaired) electrons. The number of benzene rings is 3. The van der Waals surface area contributed by atoms with E-state index in [1.165, 1.54) is 5.56 Å². The van der Waals surface area contributed by atoms with Crippen molar-refractivity contribution in [1.29, 1.82) is 0 Å². The van der Waals surface area contributed by atoms with Gasteiger partial charge in [-0.15, -0.1) is 0 Å². The first-order chi connectivity index (χ1) is 16.4. The molecule has 1 unspecified atom stereocenters. The molecule has 1 aliphatic rings. The molecule has 2 N–H and O–H groups in total. The SMILES string of the molecule is CCc1ccc(C2c3c(-c4cc(C)cc(C)c4O)n[nH]c3C(=O)N2Cc2ccccc2Cl)cc1. The van der Waals surface area contributed by atoms with Crippen LogP contribution in [0.15, 0.2) is 60.7 Å².